The van der Waals surface area contributed by atoms with Crippen molar-refractivity contribution < 1.29 is 39.0 Å². The van der Waals surface area contributed by atoms with E-state index in [1.807, 2.05) is 0 Å². The van der Waals surface area contributed by atoms with Crippen LogP contribution in [0, 0.1) is 0 Å². The maximum atomic E-state index is 13.6. The maximum absolute atomic E-state index is 13.6. The highest BCUT2D eigenvalue weighted by molar-refractivity contribution is 6.11. The van der Waals surface area contributed by atoms with Crippen molar-refractivity contribution in [3.8, 4) is 0 Å². The van der Waals surface area contributed by atoms with E-state index in [-0.39, 0.29) is 29.8 Å². The Morgan fingerprint density at radius 3 is 2.28 bits per heavy atom. The minimum absolute atomic E-state index is 0.150. The minimum Gasteiger partial charge on any atom is -0.481 e. The number of fused-ring (bicyclic) bond motifs is 1. The molecule has 0 bridgehead atoms. The average molecular weight is 496 g/mol. The number of nitrogens with zero attached hydrogens (tertiary/aromatic N) is 2. The first-order chi connectivity index (χ1) is 17.2. The number of carboxylic acids is 1. The molecule has 4 N–H and O–H groups in total. The van der Waals surface area contributed by atoms with Gasteiger partial charge in [0.05, 0.1) is 30.4 Å². The van der Waals surface area contributed by atoms with Crippen LogP contribution in [0.1, 0.15) is 16.8 Å². The molecule has 0 saturated carbocycles. The number of carbonyl (C=O) groups is 6. The van der Waals surface area contributed by atoms with Crippen LogP contribution < -0.4 is 20.4 Å². The van der Waals surface area contributed by atoms with E-state index in [2.05, 4.69) is 10.6 Å². The number of benzene rings is 2. The molecule has 0 saturated heterocycles. The van der Waals surface area contributed by atoms with Crippen molar-refractivity contribution in [2.45, 2.75) is 18.5 Å². The molecule has 4 amide bonds. The quantitative estimate of drug-likeness (QED) is 0.330. The molecule has 12 heteroatoms. The Morgan fingerprint density at radius 1 is 1.03 bits per heavy atom. The van der Waals surface area contributed by atoms with Crippen molar-refractivity contribution in [2.24, 2.45) is 0 Å². The van der Waals surface area contributed by atoms with Crippen LogP contribution in [0.4, 0.5) is 11.4 Å². The summed E-state index contributed by atoms with van der Waals surface area (Å²) in [6.07, 6.45) is -0.372. The van der Waals surface area contributed by atoms with Gasteiger partial charge in [0, 0.05) is 5.56 Å². The number of rotatable bonds is 9. The number of nitrogens with one attached hydrogen (secondary N) is 2. The molecule has 0 spiro atoms. The molecule has 0 fully saturated rings. The lowest BCUT2D eigenvalue weighted by Gasteiger charge is -2.25. The number of carboxylic acid groups (broad SMARTS) is 1. The van der Waals surface area contributed by atoms with E-state index in [9.17, 15) is 33.9 Å². The summed E-state index contributed by atoms with van der Waals surface area (Å²) < 4.78 is 0. The van der Waals surface area contributed by atoms with E-state index in [1.165, 1.54) is 24.3 Å². The van der Waals surface area contributed by atoms with E-state index in [1.54, 1.807) is 30.3 Å². The molecule has 1 aliphatic heterocycles. The van der Waals surface area contributed by atoms with E-state index >= 15 is 0 Å². The van der Waals surface area contributed by atoms with Crippen molar-refractivity contribution in [2.75, 3.05) is 29.5 Å². The third kappa shape index (κ3) is 6.10. The van der Waals surface area contributed by atoms with Gasteiger partial charge in [-0.2, -0.15) is 0 Å². The van der Waals surface area contributed by atoms with Gasteiger partial charge >= 0.3 is 5.97 Å². The maximum Gasteiger partial charge on any atom is 0.305 e. The van der Waals surface area contributed by atoms with Crippen LogP contribution in [0.3, 0.4) is 0 Å². The number of aliphatic hydroxyl groups is 1. The zero-order valence-corrected chi connectivity index (χ0v) is 19.0. The monoisotopic (exact) mass is 496 g/mol. The summed E-state index contributed by atoms with van der Waals surface area (Å²) in [6.45, 7) is -1.81. The summed E-state index contributed by atoms with van der Waals surface area (Å²) in [6, 6.07) is 11.6. The van der Waals surface area contributed by atoms with Gasteiger partial charge in [0.1, 0.15) is 25.5 Å². The summed E-state index contributed by atoms with van der Waals surface area (Å²) in [5.74, 6) is -4.18. The average Bonchev–Trinajstić information content (AvgIpc) is 2.98. The minimum atomic E-state index is -1.31. The number of hydrogen-bond donors (Lipinski definition) is 4. The zero-order chi connectivity index (χ0) is 26.2. The molecule has 1 aliphatic rings. The summed E-state index contributed by atoms with van der Waals surface area (Å²) in [5.41, 5.74) is 0.627. The normalized spacial score (nSPS) is 15.8. The first-order valence-corrected chi connectivity index (χ1v) is 10.9. The van der Waals surface area contributed by atoms with Crippen molar-refractivity contribution in [1.82, 2.24) is 10.6 Å². The highest BCUT2D eigenvalue weighted by atomic mass is 16.4. The Labute approximate surface area is 205 Å². The number of aldehydes is 1. The van der Waals surface area contributed by atoms with Gasteiger partial charge in [0.15, 0.2) is 0 Å². The second kappa shape index (κ2) is 11.7. The highest BCUT2D eigenvalue weighted by Crippen LogP contribution is 2.32. The van der Waals surface area contributed by atoms with Gasteiger partial charge in [-0.05, 0) is 24.3 Å². The predicted molar refractivity (Wildman–Crippen MR) is 126 cm³/mol. The van der Waals surface area contributed by atoms with E-state index in [4.69, 9.17) is 5.11 Å². The zero-order valence-electron chi connectivity index (χ0n) is 19.0. The molecule has 2 aromatic rings. The van der Waals surface area contributed by atoms with Crippen molar-refractivity contribution >= 4 is 47.3 Å². The van der Waals surface area contributed by atoms with E-state index in [0.717, 1.165) is 9.80 Å². The van der Waals surface area contributed by atoms with Gasteiger partial charge in [0.25, 0.3) is 17.7 Å². The lowest BCUT2D eigenvalue weighted by Crippen LogP contribution is -2.55. The molecule has 36 heavy (non-hydrogen) atoms. The largest absolute Gasteiger partial charge is 0.481 e. The third-order valence-electron chi connectivity index (χ3n) is 5.38. The van der Waals surface area contributed by atoms with Gasteiger partial charge in [-0.15, -0.1) is 0 Å². The Hall–Kier alpha value is -4.58. The number of amides is 4. The molecule has 2 atom stereocenters. The van der Waals surface area contributed by atoms with Crippen molar-refractivity contribution in [3.63, 3.8) is 0 Å². The topological polar surface area (TPSA) is 173 Å². The number of anilines is 2. The summed E-state index contributed by atoms with van der Waals surface area (Å²) in [7, 11) is 0. The number of aliphatic carboxylic acids is 1. The lowest BCUT2D eigenvalue weighted by molar-refractivity contribution is -0.139. The third-order valence-corrected chi connectivity index (χ3v) is 5.38. The number of carbonyl (C=O) groups excluding carboxylic acids is 5. The summed E-state index contributed by atoms with van der Waals surface area (Å²) in [4.78, 5) is 75.9. The Kier molecular flexibility index (Phi) is 8.47. The number of para-hydroxylation sites is 2. The van der Waals surface area contributed by atoms with Crippen LogP contribution in [0.25, 0.3) is 0 Å². The Bertz CT molecular complexity index is 1170. The van der Waals surface area contributed by atoms with Crippen LogP contribution >= 0.6 is 0 Å². The van der Waals surface area contributed by atoms with Gasteiger partial charge < -0.3 is 30.5 Å². The molecule has 3 rings (SSSR count). The molecule has 2 aromatic carbocycles. The molecule has 0 radical (unpaired) electrons. The van der Waals surface area contributed by atoms with Gasteiger partial charge in [-0.3, -0.25) is 28.9 Å². The van der Waals surface area contributed by atoms with Gasteiger partial charge in [-0.25, -0.2) is 0 Å². The van der Waals surface area contributed by atoms with E-state index < -0.39 is 61.3 Å². The van der Waals surface area contributed by atoms with Crippen molar-refractivity contribution in [3.05, 3.63) is 60.2 Å². The standard InChI is InChI=1S/C24H24N4O8/c29-13-16(10-22(33)34)25-20(31)12-28-19-9-5-4-8-18(19)27(21(32)14-30)11-17(24(28)36)26-23(35)15-6-2-1-3-7-15/h1-9,13,16-17,30H,10-12,14H2,(H,25,31)(H,26,35)(H,33,34)/t16-,17-/m0/s1. The second-order valence-corrected chi connectivity index (χ2v) is 7.88. The lowest BCUT2D eigenvalue weighted by atomic mass is 10.1. The van der Waals surface area contributed by atoms with Crippen LogP contribution in [-0.4, -0.2) is 77.9 Å². The fourth-order valence-corrected chi connectivity index (χ4v) is 3.73. The van der Waals surface area contributed by atoms with Crippen LogP contribution in [-0.2, 0) is 24.0 Å². The Morgan fingerprint density at radius 2 is 1.67 bits per heavy atom. The fraction of sp³-hybridized carbons (Fsp3) is 0.250. The molecule has 12 nitrogen and oxygen atoms in total. The fourth-order valence-electron chi connectivity index (χ4n) is 3.73. The van der Waals surface area contributed by atoms with Crippen LogP contribution in [0.2, 0.25) is 0 Å². The van der Waals surface area contributed by atoms with Gasteiger partial charge in [-0.1, -0.05) is 30.3 Å². The Balaban J connectivity index is 1.96. The number of hydrogen-bond acceptors (Lipinski definition) is 7. The second-order valence-electron chi connectivity index (χ2n) is 7.88. The molecule has 0 unspecified atom stereocenters. The summed E-state index contributed by atoms with van der Waals surface area (Å²) >= 11 is 0. The molecular weight excluding hydrogens is 472 g/mol. The molecule has 0 aromatic heterocycles. The smallest absolute Gasteiger partial charge is 0.305 e. The highest BCUT2D eigenvalue weighted by Gasteiger charge is 2.37. The number of aliphatic hydroxyl groups excluding tert-OH is 1. The predicted octanol–water partition coefficient (Wildman–Crippen LogP) is -0.684. The SMILES string of the molecule is O=C[C@H](CC(=O)O)NC(=O)CN1C(=O)[C@@H](NC(=O)c2ccccc2)CN(C(=O)CO)c2ccccc21. The van der Waals surface area contributed by atoms with Crippen molar-refractivity contribution in [1.29, 1.82) is 0 Å². The van der Waals surface area contributed by atoms with Crippen LogP contribution in [0.5, 0.6) is 0 Å². The summed E-state index contributed by atoms with van der Waals surface area (Å²) in [5, 5.41) is 23.2. The molecule has 1 heterocycles. The molecule has 188 valence electrons. The molecular formula is C24H24N4O8. The first kappa shape index (κ1) is 26.0. The molecule has 0 aliphatic carbocycles. The van der Waals surface area contributed by atoms with Gasteiger partial charge in [0.2, 0.25) is 5.91 Å². The van der Waals surface area contributed by atoms with E-state index in [0.29, 0.717) is 0 Å². The first-order valence-electron chi connectivity index (χ1n) is 10.9. The van der Waals surface area contributed by atoms with Crippen LogP contribution in [0.15, 0.2) is 54.6 Å².